The number of ether oxygens (including phenoxy) is 7. The molecular weight excluding hydrogens is 1040 g/mol. The SMILES string of the molecule is COc1cc2nccc(Oc3ccc(NS(=O)(=O)c4ccc(-c5ccccc5)s4)c(F)c3)c2cc1OC.COc1cc2nccc(Oc3ccc(NS(=O)(=O)c4cccc(OC(F)(F)F)c4)c(F)c3)c2cc1OC. The Morgan fingerprint density at radius 2 is 1.00 bits per heavy atom. The van der Waals surface area contributed by atoms with Gasteiger partial charge in [-0.15, -0.1) is 24.5 Å². The number of alkyl halides is 3. The quantitative estimate of drug-likeness (QED) is 0.0873. The molecule has 0 spiro atoms. The molecule has 0 fully saturated rings. The first-order chi connectivity index (χ1) is 35.4. The molecule has 15 nitrogen and oxygen atoms in total. The van der Waals surface area contributed by atoms with Crippen molar-refractivity contribution >= 4 is 64.6 Å². The van der Waals surface area contributed by atoms with E-state index in [2.05, 4.69) is 19.4 Å². The molecular formula is C51H39F5N4O11S3. The zero-order valence-corrected chi connectivity index (χ0v) is 41.4. The summed E-state index contributed by atoms with van der Waals surface area (Å²) in [6.45, 7) is 0. The van der Waals surface area contributed by atoms with Crippen LogP contribution in [0.4, 0.5) is 33.3 Å². The van der Waals surface area contributed by atoms with Crippen LogP contribution in [0.1, 0.15) is 0 Å². The number of thiophene rings is 1. The number of nitrogens with one attached hydrogen (secondary N) is 2. The predicted octanol–water partition coefficient (Wildman–Crippen LogP) is 12.6. The highest BCUT2D eigenvalue weighted by molar-refractivity contribution is 7.94. The fraction of sp³-hybridized carbons (Fsp3) is 0.0980. The number of fused-ring (bicyclic) bond motifs is 2. The van der Waals surface area contributed by atoms with E-state index in [1.807, 2.05) is 35.1 Å². The van der Waals surface area contributed by atoms with Crippen LogP contribution < -0.4 is 42.6 Å². The Morgan fingerprint density at radius 3 is 1.49 bits per heavy atom. The van der Waals surface area contributed by atoms with E-state index in [1.54, 1.807) is 48.7 Å². The van der Waals surface area contributed by atoms with Gasteiger partial charge < -0.3 is 33.2 Å². The van der Waals surface area contributed by atoms with Gasteiger partial charge in [0.05, 0.1) is 55.7 Å². The van der Waals surface area contributed by atoms with Crippen LogP contribution in [-0.2, 0) is 20.0 Å². The molecule has 74 heavy (non-hydrogen) atoms. The molecule has 23 heteroatoms. The standard InChI is InChI=1S/C27H21FN2O5S2.C24H18F4N2O6S/c1-33-24-15-19-22(16-25(24)34-2)29-13-12-23(19)35-18-8-9-21(20(28)14-18)30-37(31,32)27-11-10-26(36-27)17-6-4-3-5-7-17;1-33-22-12-17-20(13-23(22)34-2)29-9-8-21(17)35-14-6-7-19(18(25)11-14)30-37(31,32)16-5-3-4-15(10-16)36-24(26,27)28/h3-16,30H,1-2H3;3-13,30H,1-2H3. The minimum atomic E-state index is -5.00. The van der Waals surface area contributed by atoms with Crippen molar-refractivity contribution < 1.29 is 71.9 Å². The Bertz CT molecular complexity index is 3740. The van der Waals surface area contributed by atoms with Gasteiger partial charge in [-0.25, -0.2) is 25.6 Å². The average molecular weight is 1080 g/mol. The number of hydrogen-bond donors (Lipinski definition) is 2. The maximum absolute atomic E-state index is 14.9. The van der Waals surface area contributed by atoms with Gasteiger partial charge in [-0.05, 0) is 78.4 Å². The van der Waals surface area contributed by atoms with Gasteiger partial charge in [0.25, 0.3) is 20.0 Å². The third-order valence-electron chi connectivity index (χ3n) is 10.5. The molecule has 0 atom stereocenters. The van der Waals surface area contributed by atoms with E-state index < -0.39 is 54.4 Å². The maximum Gasteiger partial charge on any atom is 0.573 e. The van der Waals surface area contributed by atoms with E-state index in [4.69, 9.17) is 28.4 Å². The van der Waals surface area contributed by atoms with Crippen LogP contribution in [0.25, 0.3) is 32.2 Å². The Balaban J connectivity index is 0.000000197. The van der Waals surface area contributed by atoms with E-state index in [1.165, 1.54) is 58.9 Å². The molecule has 3 heterocycles. The van der Waals surface area contributed by atoms with Gasteiger partial charge in [-0.2, -0.15) is 0 Å². The van der Waals surface area contributed by atoms with Crippen LogP contribution in [0.15, 0.2) is 161 Å². The van der Waals surface area contributed by atoms with Crippen LogP contribution in [-0.4, -0.2) is 61.6 Å². The third kappa shape index (κ3) is 12.1. The predicted molar refractivity (Wildman–Crippen MR) is 267 cm³/mol. The molecule has 9 rings (SSSR count). The number of nitrogens with zero attached hydrogens (tertiary/aromatic N) is 2. The number of sulfonamides is 2. The average Bonchev–Trinajstić information content (AvgIpc) is 3.90. The number of anilines is 2. The molecule has 0 aliphatic heterocycles. The molecule has 0 bridgehead atoms. The summed E-state index contributed by atoms with van der Waals surface area (Å²) < 4.78 is 159. The lowest BCUT2D eigenvalue weighted by Gasteiger charge is -2.14. The van der Waals surface area contributed by atoms with Crippen molar-refractivity contribution in [3.63, 3.8) is 0 Å². The van der Waals surface area contributed by atoms with Gasteiger partial charge in [-0.3, -0.25) is 19.4 Å². The number of methoxy groups -OCH3 is 4. The van der Waals surface area contributed by atoms with Crippen molar-refractivity contribution in [3.05, 3.63) is 164 Å². The third-order valence-corrected chi connectivity index (χ3v) is 14.8. The summed E-state index contributed by atoms with van der Waals surface area (Å²) in [6, 6.07) is 33.6. The Labute approximate surface area is 423 Å². The smallest absolute Gasteiger partial charge is 0.493 e. The van der Waals surface area contributed by atoms with Crippen LogP contribution >= 0.6 is 11.3 Å². The number of pyridine rings is 2. The fourth-order valence-corrected chi connectivity index (χ4v) is 10.6. The molecule has 3 aromatic heterocycles. The first kappa shape index (κ1) is 51.9. The Morgan fingerprint density at radius 1 is 0.500 bits per heavy atom. The molecule has 0 radical (unpaired) electrons. The number of benzene rings is 6. The summed E-state index contributed by atoms with van der Waals surface area (Å²) in [7, 11) is -2.42. The summed E-state index contributed by atoms with van der Waals surface area (Å²) in [5.74, 6) is 0.362. The van der Waals surface area contributed by atoms with E-state index in [9.17, 15) is 38.8 Å². The van der Waals surface area contributed by atoms with E-state index in [0.717, 1.165) is 58.2 Å². The normalized spacial score (nSPS) is 11.5. The highest BCUT2D eigenvalue weighted by Crippen LogP contribution is 2.40. The van der Waals surface area contributed by atoms with Crippen molar-refractivity contribution in [1.82, 2.24) is 9.97 Å². The lowest BCUT2D eigenvalue weighted by molar-refractivity contribution is -0.274. The lowest BCUT2D eigenvalue weighted by atomic mass is 10.2. The van der Waals surface area contributed by atoms with E-state index in [0.29, 0.717) is 62.4 Å². The molecule has 0 unspecified atom stereocenters. The molecule has 0 aliphatic rings. The fourth-order valence-electron chi connectivity index (χ4n) is 7.07. The lowest BCUT2D eigenvalue weighted by Crippen LogP contribution is -2.18. The highest BCUT2D eigenvalue weighted by atomic mass is 32.2. The molecule has 2 N–H and O–H groups in total. The maximum atomic E-state index is 14.9. The van der Waals surface area contributed by atoms with Crippen LogP contribution in [0.2, 0.25) is 0 Å². The summed E-state index contributed by atoms with van der Waals surface area (Å²) in [6.07, 6.45) is -1.96. The Hall–Kier alpha value is -8.41. The molecule has 0 aliphatic carbocycles. The van der Waals surface area contributed by atoms with Crippen LogP contribution in [0.3, 0.4) is 0 Å². The monoisotopic (exact) mass is 1070 g/mol. The molecule has 9 aromatic rings. The number of halogens is 5. The summed E-state index contributed by atoms with van der Waals surface area (Å²) >= 11 is 1.11. The molecule has 0 saturated heterocycles. The highest BCUT2D eigenvalue weighted by Gasteiger charge is 2.32. The van der Waals surface area contributed by atoms with Gasteiger partial charge in [0, 0.05) is 58.4 Å². The van der Waals surface area contributed by atoms with Gasteiger partial charge in [-0.1, -0.05) is 36.4 Å². The van der Waals surface area contributed by atoms with Crippen molar-refractivity contribution in [2.75, 3.05) is 37.9 Å². The molecule has 382 valence electrons. The van der Waals surface area contributed by atoms with Gasteiger partial charge in [0.15, 0.2) is 34.6 Å². The minimum absolute atomic E-state index is 0.0447. The van der Waals surface area contributed by atoms with E-state index >= 15 is 0 Å². The van der Waals surface area contributed by atoms with Crippen molar-refractivity contribution in [1.29, 1.82) is 0 Å². The zero-order chi connectivity index (χ0) is 52.8. The second-order valence-corrected chi connectivity index (χ2v) is 19.9. The number of aromatic nitrogens is 2. The van der Waals surface area contributed by atoms with Crippen molar-refractivity contribution in [2.45, 2.75) is 15.5 Å². The zero-order valence-electron chi connectivity index (χ0n) is 38.9. The second kappa shape index (κ2) is 21.7. The first-order valence-corrected chi connectivity index (χ1v) is 25.2. The Kier molecular flexibility index (Phi) is 15.3. The van der Waals surface area contributed by atoms with Crippen molar-refractivity contribution in [3.8, 4) is 62.2 Å². The first-order valence-electron chi connectivity index (χ1n) is 21.4. The topological polar surface area (TPSA) is 183 Å². The summed E-state index contributed by atoms with van der Waals surface area (Å²) in [4.78, 5) is 8.82. The van der Waals surface area contributed by atoms with Gasteiger partial charge in [0.2, 0.25) is 0 Å². The van der Waals surface area contributed by atoms with Gasteiger partial charge in [0.1, 0.15) is 33.0 Å². The molecule has 6 aromatic carbocycles. The van der Waals surface area contributed by atoms with Gasteiger partial charge >= 0.3 is 6.36 Å². The van der Waals surface area contributed by atoms with Crippen LogP contribution in [0.5, 0.6) is 51.7 Å². The number of hydrogen-bond acceptors (Lipinski definition) is 14. The molecule has 0 saturated carbocycles. The van der Waals surface area contributed by atoms with Crippen LogP contribution in [0, 0.1) is 11.6 Å². The molecule has 0 amide bonds. The second-order valence-electron chi connectivity index (χ2n) is 15.3. The number of rotatable bonds is 16. The summed E-state index contributed by atoms with van der Waals surface area (Å²) in [5, 5.41) is 1.18. The minimum Gasteiger partial charge on any atom is -0.493 e. The summed E-state index contributed by atoms with van der Waals surface area (Å²) in [5.41, 5.74) is 1.40. The largest absolute Gasteiger partial charge is 0.573 e. The van der Waals surface area contributed by atoms with E-state index in [-0.39, 0.29) is 21.4 Å². The van der Waals surface area contributed by atoms with Crippen molar-refractivity contribution in [2.24, 2.45) is 0 Å².